The Morgan fingerprint density at radius 1 is 0.912 bits per heavy atom. The number of nitrogens with one attached hydrogen (secondary N) is 4. The molecule has 4 atom stereocenters. The summed E-state index contributed by atoms with van der Waals surface area (Å²) in [6.45, 7) is 3.49. The quantitative estimate of drug-likeness (QED) is 0.104. The maximum atomic E-state index is 16.4. The minimum Gasteiger partial charge on any atom is -0.480 e. The Bertz CT molecular complexity index is 2660. The van der Waals surface area contributed by atoms with Gasteiger partial charge in [0.25, 0.3) is 0 Å². The number of aliphatic carboxylic acids is 1. The first kappa shape index (κ1) is 46.5. The number of hydrogen-bond donors (Lipinski definition) is 5. The molecule has 3 saturated heterocycles. The van der Waals surface area contributed by atoms with E-state index in [0.717, 1.165) is 74.4 Å². The summed E-state index contributed by atoms with van der Waals surface area (Å²) in [7, 11) is 0. The molecule has 0 radical (unpaired) electrons. The molecule has 5 amide bonds. The van der Waals surface area contributed by atoms with Crippen LogP contribution in [0.2, 0.25) is 10.0 Å². The number of benzene rings is 3. The molecule has 0 bridgehead atoms. The van der Waals surface area contributed by atoms with Crippen molar-refractivity contribution < 1.29 is 33.5 Å². The van der Waals surface area contributed by atoms with Crippen LogP contribution in [0.4, 0.5) is 20.6 Å². The number of aryl methyl sites for hydroxylation is 1. The molecule has 2 spiro atoms. The van der Waals surface area contributed by atoms with Crippen LogP contribution in [-0.2, 0) is 31.0 Å². The second-order valence-corrected chi connectivity index (χ2v) is 20.6. The number of piperazine rings is 1. The molecule has 5 N–H and O–H groups in total. The van der Waals surface area contributed by atoms with Crippen LogP contribution in [0.1, 0.15) is 93.2 Å². The molecular formula is C51H57Cl2FN8O6. The van der Waals surface area contributed by atoms with Crippen LogP contribution in [0, 0.1) is 11.7 Å². The molecule has 17 heteroatoms. The number of carbonyl (C=O) groups excluding carboxylic acids is 4. The normalized spacial score (nSPS) is 27.4. The molecule has 14 nitrogen and oxygen atoms in total. The number of nitrogens with zero attached hydrogens (tertiary/aromatic N) is 4. The lowest BCUT2D eigenvalue weighted by Gasteiger charge is -2.47. The zero-order valence-electron chi connectivity index (χ0n) is 37.9. The molecule has 358 valence electrons. The first-order valence-electron chi connectivity index (χ1n) is 24.2. The van der Waals surface area contributed by atoms with E-state index in [1.807, 2.05) is 24.4 Å². The summed E-state index contributed by atoms with van der Waals surface area (Å²) < 4.78 is 16.4. The number of halogens is 3. The SMILES string of the molecule is O=C1CCN(c2cncc3c(CCCN4CCN(CC5CCC(NC(=O)[C@@H]6NC7(CCCCC7)[C@@]7(C(=O)Nc8cc(Cl)ccc87)[C@H]6c6cccc(Cl)c6F)CC5)[C@H](C(=O)O)C4)cccc23)C(=O)N1. The largest absolute Gasteiger partial charge is 0.480 e. The number of imide groups is 1. The summed E-state index contributed by atoms with van der Waals surface area (Å²) in [4.78, 5) is 77.0. The van der Waals surface area contributed by atoms with Crippen LogP contribution >= 0.6 is 23.2 Å². The van der Waals surface area contributed by atoms with Gasteiger partial charge in [-0.1, -0.05) is 78.9 Å². The van der Waals surface area contributed by atoms with E-state index in [1.165, 1.54) is 6.07 Å². The molecule has 1 aromatic heterocycles. The third-order valence-corrected chi connectivity index (χ3v) is 16.5. The second kappa shape index (κ2) is 19.0. The van der Waals surface area contributed by atoms with Crippen molar-refractivity contribution >= 4 is 75.1 Å². The second-order valence-electron chi connectivity index (χ2n) is 19.7. The average molecular weight is 968 g/mol. The number of anilines is 2. The summed E-state index contributed by atoms with van der Waals surface area (Å²) in [6, 6.07) is 14.0. The predicted molar refractivity (Wildman–Crippen MR) is 258 cm³/mol. The average Bonchev–Trinajstić information content (AvgIpc) is 3.78. The standard InChI is InChI=1S/C51H57Cl2FN8O6/c52-32-14-17-37-39(25-32)57-48(67)51(37)43(35-10-5-11-38(53)44(35)54)45(59-50(51)19-2-1-3-20-50)46(64)56-33-15-12-30(13-16-33)28-61-24-23-60(29-41(61)47(65)66)21-6-8-31-7-4-9-34-36(31)26-55-27-40(34)62-22-18-42(63)58-49(62)68/h4-5,7,9-11,14,17,25-27,30,33,41,43,45,59H,1-3,6,8,12-13,15-16,18-24,28-29H2,(H,56,64)(H,57,67)(H,65,66)(H,58,63,68)/t30?,33?,41-,43-,45+,51+/m0/s1. The van der Waals surface area contributed by atoms with E-state index in [-0.39, 0.29) is 46.7 Å². The molecule has 4 aromatic rings. The minimum atomic E-state index is -1.30. The Kier molecular flexibility index (Phi) is 13.0. The highest BCUT2D eigenvalue weighted by Gasteiger charge is 2.72. The summed E-state index contributed by atoms with van der Waals surface area (Å²) >= 11 is 12.9. The van der Waals surface area contributed by atoms with Crippen LogP contribution in [0.5, 0.6) is 0 Å². The lowest BCUT2D eigenvalue weighted by atomic mass is 9.55. The van der Waals surface area contributed by atoms with Gasteiger partial charge < -0.3 is 15.7 Å². The van der Waals surface area contributed by atoms with E-state index in [9.17, 15) is 29.1 Å². The molecular weight excluding hydrogens is 911 g/mol. The van der Waals surface area contributed by atoms with Gasteiger partial charge in [-0.3, -0.25) is 49.5 Å². The summed E-state index contributed by atoms with van der Waals surface area (Å²) in [6.07, 6.45) is 12.3. The summed E-state index contributed by atoms with van der Waals surface area (Å²) in [5.41, 5.74) is 1.14. The first-order valence-corrected chi connectivity index (χ1v) is 24.9. The number of amides is 5. The lowest BCUT2D eigenvalue weighted by molar-refractivity contribution is -0.146. The Hall–Kier alpha value is -5.19. The minimum absolute atomic E-state index is 0.0701. The van der Waals surface area contributed by atoms with Crippen molar-refractivity contribution in [2.24, 2.45) is 5.92 Å². The third-order valence-electron chi connectivity index (χ3n) is 16.0. The molecule has 0 unspecified atom stereocenters. The van der Waals surface area contributed by atoms with E-state index in [4.69, 9.17) is 23.2 Å². The van der Waals surface area contributed by atoms with E-state index < -0.39 is 46.8 Å². The van der Waals surface area contributed by atoms with E-state index in [2.05, 4.69) is 42.1 Å². The van der Waals surface area contributed by atoms with Crippen LogP contribution in [0.25, 0.3) is 10.8 Å². The topological polar surface area (TPSA) is 176 Å². The Labute approximate surface area is 404 Å². The van der Waals surface area contributed by atoms with Crippen LogP contribution in [0.15, 0.2) is 67.0 Å². The van der Waals surface area contributed by atoms with Crippen molar-refractivity contribution in [1.82, 2.24) is 30.7 Å². The van der Waals surface area contributed by atoms with Gasteiger partial charge in [0.1, 0.15) is 17.3 Å². The number of urea groups is 1. The molecule has 4 aliphatic heterocycles. The van der Waals surface area contributed by atoms with Gasteiger partial charge in [-0.15, -0.1) is 0 Å². The highest BCUT2D eigenvalue weighted by molar-refractivity contribution is 6.31. The third kappa shape index (κ3) is 8.31. The van der Waals surface area contributed by atoms with E-state index in [1.54, 1.807) is 35.4 Å². The van der Waals surface area contributed by atoms with Crippen molar-refractivity contribution in [2.75, 3.05) is 49.5 Å². The first-order chi connectivity index (χ1) is 32.9. The number of carboxylic acids is 1. The molecule has 10 rings (SSSR count). The fourth-order valence-corrected chi connectivity index (χ4v) is 13.2. The number of pyridine rings is 1. The van der Waals surface area contributed by atoms with E-state index >= 15 is 4.39 Å². The number of hydrogen-bond acceptors (Lipinski definition) is 9. The molecule has 2 aliphatic carbocycles. The Morgan fingerprint density at radius 3 is 2.49 bits per heavy atom. The Morgan fingerprint density at radius 2 is 1.71 bits per heavy atom. The fraction of sp³-hybridized carbons (Fsp3) is 0.490. The van der Waals surface area contributed by atoms with Crippen molar-refractivity contribution in [3.05, 3.63) is 99.5 Å². The van der Waals surface area contributed by atoms with Gasteiger partial charge in [0.2, 0.25) is 17.7 Å². The van der Waals surface area contributed by atoms with Crippen molar-refractivity contribution in [3.63, 3.8) is 0 Å². The summed E-state index contributed by atoms with van der Waals surface area (Å²) in [5.74, 6) is -2.95. The molecule has 5 heterocycles. The van der Waals surface area contributed by atoms with Gasteiger partial charge in [-0.05, 0) is 98.7 Å². The van der Waals surface area contributed by atoms with Gasteiger partial charge in [0.15, 0.2) is 0 Å². The van der Waals surface area contributed by atoms with Gasteiger partial charge >= 0.3 is 12.0 Å². The van der Waals surface area contributed by atoms with Crippen molar-refractivity contribution in [1.29, 1.82) is 0 Å². The number of aromatic nitrogens is 1. The van der Waals surface area contributed by atoms with E-state index in [0.29, 0.717) is 73.8 Å². The maximum Gasteiger partial charge on any atom is 0.328 e. The molecule has 3 aromatic carbocycles. The Balaban J connectivity index is 0.775. The predicted octanol–water partition coefficient (Wildman–Crippen LogP) is 7.15. The number of carbonyl (C=O) groups is 5. The number of fused-ring (bicyclic) bond motifs is 4. The summed E-state index contributed by atoms with van der Waals surface area (Å²) in [5, 5.41) is 25.2. The van der Waals surface area contributed by atoms with Crippen molar-refractivity contribution in [2.45, 2.75) is 112 Å². The van der Waals surface area contributed by atoms with Gasteiger partial charge in [-0.2, -0.15) is 0 Å². The molecule has 2 saturated carbocycles. The van der Waals surface area contributed by atoms with Crippen LogP contribution < -0.4 is 26.2 Å². The lowest BCUT2D eigenvalue weighted by Crippen LogP contribution is -2.60. The smallest absolute Gasteiger partial charge is 0.328 e. The van der Waals surface area contributed by atoms with Gasteiger partial charge in [0.05, 0.1) is 22.9 Å². The van der Waals surface area contributed by atoms with Crippen LogP contribution in [0.3, 0.4) is 0 Å². The fourth-order valence-electron chi connectivity index (χ4n) is 12.8. The molecule has 68 heavy (non-hydrogen) atoms. The maximum absolute atomic E-state index is 16.4. The monoisotopic (exact) mass is 966 g/mol. The molecule has 5 fully saturated rings. The van der Waals surface area contributed by atoms with Gasteiger partial charge in [0, 0.05) is 84.3 Å². The van der Waals surface area contributed by atoms with Gasteiger partial charge in [-0.25, -0.2) is 9.18 Å². The zero-order chi connectivity index (χ0) is 47.3. The van der Waals surface area contributed by atoms with Crippen LogP contribution in [-0.4, -0.2) is 113 Å². The highest BCUT2D eigenvalue weighted by Crippen LogP contribution is 2.63. The number of rotatable bonds is 11. The highest BCUT2D eigenvalue weighted by atomic mass is 35.5. The zero-order valence-corrected chi connectivity index (χ0v) is 39.4. The molecule has 6 aliphatic rings. The van der Waals surface area contributed by atoms with Crippen molar-refractivity contribution in [3.8, 4) is 0 Å². The number of carboxylic acid groups (broad SMARTS) is 1.